The fraction of sp³-hybridized carbons (Fsp3) is 0.333. The van der Waals surface area contributed by atoms with Gasteiger partial charge in [0, 0.05) is 23.6 Å². The number of carbonyl (C=O) groups excluding carboxylic acids is 1. The molecule has 2 fully saturated rings. The number of amides is 1. The van der Waals surface area contributed by atoms with Crippen molar-refractivity contribution >= 4 is 34.7 Å². The molecule has 2 aliphatic rings. The molecule has 0 spiro atoms. The van der Waals surface area contributed by atoms with E-state index in [0.717, 1.165) is 28.8 Å². The summed E-state index contributed by atoms with van der Waals surface area (Å²) in [5, 5.41) is 3.97. The van der Waals surface area contributed by atoms with Gasteiger partial charge in [0.2, 0.25) is 11.8 Å². The molecular weight excluding hydrogens is 383 g/mol. The van der Waals surface area contributed by atoms with Crippen molar-refractivity contribution in [3.05, 3.63) is 63.3 Å². The molecule has 1 aliphatic heterocycles. The summed E-state index contributed by atoms with van der Waals surface area (Å²) in [5.74, 6) is 1.28. The minimum Gasteiger partial charge on any atom is -0.481 e. The largest absolute Gasteiger partial charge is 0.481 e. The molecule has 2 heterocycles. The Kier molecular flexibility index (Phi) is 5.11. The number of rotatable bonds is 5. The van der Waals surface area contributed by atoms with Crippen molar-refractivity contribution in [1.82, 2.24) is 10.3 Å². The van der Waals surface area contributed by atoms with Gasteiger partial charge in [-0.2, -0.15) is 0 Å². The van der Waals surface area contributed by atoms with E-state index < -0.39 is 0 Å². The standard InChI is InChI=1S/C21H20Cl2N2O2/c1-27-21-15(12-2-3-12)6-8-19(25-21)16(11-14-5-9-20(26)24-14)13-4-7-17(22)18(23)10-13/h4,6-8,10-12,14H,2-3,5,9H2,1H3,(H,24,26)/t14-/m1/s1. The van der Waals surface area contributed by atoms with Crippen LogP contribution in [-0.2, 0) is 4.79 Å². The molecule has 1 saturated carbocycles. The molecule has 0 bridgehead atoms. The zero-order valence-corrected chi connectivity index (χ0v) is 16.5. The summed E-state index contributed by atoms with van der Waals surface area (Å²) >= 11 is 12.3. The van der Waals surface area contributed by atoms with Crippen LogP contribution in [-0.4, -0.2) is 24.0 Å². The van der Waals surface area contributed by atoms with Crippen LogP contribution in [0.15, 0.2) is 36.4 Å². The van der Waals surface area contributed by atoms with Gasteiger partial charge >= 0.3 is 0 Å². The number of nitrogens with one attached hydrogen (secondary N) is 1. The summed E-state index contributed by atoms with van der Waals surface area (Å²) in [6, 6.07) is 9.60. The molecule has 1 N–H and O–H groups in total. The second kappa shape index (κ2) is 7.53. The average Bonchev–Trinajstić information content (AvgIpc) is 3.43. The van der Waals surface area contributed by atoms with E-state index >= 15 is 0 Å². The van der Waals surface area contributed by atoms with Gasteiger partial charge in [0.1, 0.15) is 0 Å². The van der Waals surface area contributed by atoms with Crippen molar-refractivity contribution < 1.29 is 9.53 Å². The molecular formula is C21H20Cl2N2O2. The second-order valence-electron chi connectivity index (χ2n) is 6.99. The maximum Gasteiger partial charge on any atom is 0.220 e. The SMILES string of the molecule is COc1nc(C(=C[C@H]2CCC(=O)N2)c2ccc(Cl)c(Cl)c2)ccc1C1CC1. The lowest BCUT2D eigenvalue weighted by molar-refractivity contribution is -0.119. The zero-order chi connectivity index (χ0) is 19.0. The minimum atomic E-state index is -0.0298. The number of hydrogen-bond donors (Lipinski definition) is 1. The molecule has 4 rings (SSSR count). The van der Waals surface area contributed by atoms with Crippen LogP contribution in [0.5, 0.6) is 5.88 Å². The van der Waals surface area contributed by atoms with E-state index in [-0.39, 0.29) is 11.9 Å². The Labute approximate surface area is 168 Å². The van der Waals surface area contributed by atoms with E-state index in [1.54, 1.807) is 13.2 Å². The number of methoxy groups -OCH3 is 1. The molecule has 1 aromatic carbocycles. The van der Waals surface area contributed by atoms with Gasteiger partial charge in [-0.3, -0.25) is 4.79 Å². The molecule has 27 heavy (non-hydrogen) atoms. The van der Waals surface area contributed by atoms with Crippen LogP contribution in [0.25, 0.3) is 5.57 Å². The van der Waals surface area contributed by atoms with Crippen molar-refractivity contribution in [2.24, 2.45) is 0 Å². The Hall–Kier alpha value is -2.04. The number of nitrogens with zero attached hydrogens (tertiary/aromatic N) is 1. The molecule has 1 atom stereocenters. The van der Waals surface area contributed by atoms with Crippen molar-refractivity contribution in [3.8, 4) is 5.88 Å². The van der Waals surface area contributed by atoms with Gasteiger partial charge in [-0.1, -0.05) is 41.4 Å². The van der Waals surface area contributed by atoms with Crippen molar-refractivity contribution in [1.29, 1.82) is 0 Å². The summed E-state index contributed by atoms with van der Waals surface area (Å²) in [7, 11) is 1.65. The Morgan fingerprint density at radius 1 is 1.19 bits per heavy atom. The molecule has 4 nitrogen and oxygen atoms in total. The number of benzene rings is 1. The summed E-state index contributed by atoms with van der Waals surface area (Å²) in [5.41, 5.74) is 3.75. The molecule has 0 radical (unpaired) electrons. The fourth-order valence-corrected chi connectivity index (χ4v) is 3.72. The molecule has 2 aromatic rings. The first-order valence-corrected chi connectivity index (χ1v) is 9.82. The zero-order valence-electron chi connectivity index (χ0n) is 15.0. The fourth-order valence-electron chi connectivity index (χ4n) is 3.43. The molecule has 1 aliphatic carbocycles. The first kappa shape index (κ1) is 18.3. The van der Waals surface area contributed by atoms with Gasteiger partial charge < -0.3 is 10.1 Å². The predicted molar refractivity (Wildman–Crippen MR) is 107 cm³/mol. The van der Waals surface area contributed by atoms with Crippen LogP contribution >= 0.6 is 23.2 Å². The first-order chi connectivity index (χ1) is 13.0. The predicted octanol–water partition coefficient (Wildman–Crippen LogP) is 4.98. The summed E-state index contributed by atoms with van der Waals surface area (Å²) in [6.07, 6.45) is 5.71. The van der Waals surface area contributed by atoms with Crippen LogP contribution in [0.1, 0.15) is 48.4 Å². The minimum absolute atomic E-state index is 0.0298. The summed E-state index contributed by atoms with van der Waals surface area (Å²) in [6.45, 7) is 0. The third kappa shape index (κ3) is 3.97. The normalized spacial score (nSPS) is 19.9. The number of halogens is 2. The van der Waals surface area contributed by atoms with Crippen LogP contribution in [0, 0.1) is 0 Å². The molecule has 140 valence electrons. The monoisotopic (exact) mass is 402 g/mol. The molecule has 1 saturated heterocycles. The van der Waals surface area contributed by atoms with Crippen LogP contribution in [0.4, 0.5) is 0 Å². The first-order valence-electron chi connectivity index (χ1n) is 9.07. The maximum absolute atomic E-state index is 11.6. The van der Waals surface area contributed by atoms with E-state index in [9.17, 15) is 4.79 Å². The Morgan fingerprint density at radius 3 is 2.63 bits per heavy atom. The van der Waals surface area contributed by atoms with E-state index in [0.29, 0.717) is 28.3 Å². The summed E-state index contributed by atoms with van der Waals surface area (Å²) in [4.78, 5) is 16.4. The van der Waals surface area contributed by atoms with Crippen molar-refractivity contribution in [2.75, 3.05) is 7.11 Å². The van der Waals surface area contributed by atoms with E-state index in [2.05, 4.69) is 11.4 Å². The summed E-state index contributed by atoms with van der Waals surface area (Å²) < 4.78 is 5.55. The molecule has 1 aromatic heterocycles. The molecule has 6 heteroatoms. The average molecular weight is 403 g/mol. The molecule has 1 amide bonds. The number of pyridine rings is 1. The number of hydrogen-bond acceptors (Lipinski definition) is 3. The van der Waals surface area contributed by atoms with Gasteiger partial charge in [0.05, 0.1) is 22.8 Å². The van der Waals surface area contributed by atoms with Gasteiger partial charge in [0.15, 0.2) is 0 Å². The number of carbonyl (C=O) groups is 1. The van der Waals surface area contributed by atoms with Crippen molar-refractivity contribution in [2.45, 2.75) is 37.6 Å². The third-order valence-corrected chi connectivity index (χ3v) is 5.74. The van der Waals surface area contributed by atoms with E-state index in [1.807, 2.05) is 24.3 Å². The smallest absolute Gasteiger partial charge is 0.220 e. The maximum atomic E-state index is 11.6. The van der Waals surface area contributed by atoms with Crippen LogP contribution in [0.3, 0.4) is 0 Å². The highest BCUT2D eigenvalue weighted by atomic mass is 35.5. The lowest BCUT2D eigenvalue weighted by Crippen LogP contribution is -2.23. The van der Waals surface area contributed by atoms with Crippen LogP contribution in [0.2, 0.25) is 10.0 Å². The Balaban J connectivity index is 1.78. The second-order valence-corrected chi connectivity index (χ2v) is 7.81. The molecule has 0 unspecified atom stereocenters. The highest BCUT2D eigenvalue weighted by Crippen LogP contribution is 2.44. The highest BCUT2D eigenvalue weighted by Gasteiger charge is 2.28. The van der Waals surface area contributed by atoms with E-state index in [4.69, 9.17) is 32.9 Å². The van der Waals surface area contributed by atoms with Crippen molar-refractivity contribution in [3.63, 3.8) is 0 Å². The van der Waals surface area contributed by atoms with Gasteiger partial charge in [-0.05, 0) is 48.9 Å². The van der Waals surface area contributed by atoms with E-state index in [1.165, 1.54) is 12.8 Å². The topological polar surface area (TPSA) is 51.2 Å². The number of ether oxygens (including phenoxy) is 1. The van der Waals surface area contributed by atoms with Gasteiger partial charge in [-0.15, -0.1) is 0 Å². The van der Waals surface area contributed by atoms with Crippen LogP contribution < -0.4 is 10.1 Å². The van der Waals surface area contributed by atoms with Gasteiger partial charge in [-0.25, -0.2) is 4.98 Å². The highest BCUT2D eigenvalue weighted by molar-refractivity contribution is 6.42. The number of aromatic nitrogens is 1. The lowest BCUT2D eigenvalue weighted by Gasteiger charge is -2.14. The quantitative estimate of drug-likeness (QED) is 0.766. The Bertz CT molecular complexity index is 922. The van der Waals surface area contributed by atoms with Gasteiger partial charge in [0.25, 0.3) is 0 Å². The Morgan fingerprint density at radius 2 is 2.00 bits per heavy atom. The third-order valence-electron chi connectivity index (χ3n) is 5.00. The lowest BCUT2D eigenvalue weighted by atomic mass is 9.98.